The van der Waals surface area contributed by atoms with Crippen molar-refractivity contribution in [2.45, 2.75) is 27.2 Å². The molecule has 0 bridgehead atoms. The molecule has 0 aliphatic carbocycles. The van der Waals surface area contributed by atoms with Gasteiger partial charge in [-0.2, -0.15) is 0 Å². The van der Waals surface area contributed by atoms with Crippen LogP contribution < -0.4 is 0 Å². The van der Waals surface area contributed by atoms with Crippen LogP contribution in [0.2, 0.25) is 0 Å². The molecule has 1 aromatic rings. The number of carbonyl (C=O) groups excluding carboxylic acids is 1. The van der Waals surface area contributed by atoms with E-state index < -0.39 is 5.97 Å². The number of ketones is 1. The van der Waals surface area contributed by atoms with Crippen molar-refractivity contribution in [3.8, 4) is 0 Å². The molecular weight excluding hydrogens is 539 g/mol. The average Bonchev–Trinajstić information content (AvgIpc) is 2.95. The first kappa shape index (κ1) is 22.4. The van der Waals surface area contributed by atoms with Gasteiger partial charge in [-0.25, -0.2) is 0 Å². The van der Waals surface area contributed by atoms with Crippen LogP contribution in [0.5, 0.6) is 0 Å². The molecule has 26 heavy (non-hydrogen) atoms. The van der Waals surface area contributed by atoms with E-state index in [1.54, 1.807) is 44.3 Å². The van der Waals surface area contributed by atoms with Gasteiger partial charge in [0.15, 0.2) is 0 Å². The fourth-order valence-corrected chi connectivity index (χ4v) is 2.72. The van der Waals surface area contributed by atoms with Crippen molar-refractivity contribution in [1.82, 2.24) is 9.78 Å². The van der Waals surface area contributed by atoms with E-state index in [0.29, 0.717) is 11.3 Å². The SMILES string of the molecule is CC=C(CC(=O)c1cc(C)nn1C=CC=C[CH]=[W])C(=C[C](C)=[V])C(=O)O. The molecule has 7 heteroatoms. The van der Waals surface area contributed by atoms with Crippen LogP contribution in [0.25, 0.3) is 6.20 Å². The molecule has 1 aromatic heterocycles. The molecule has 5 nitrogen and oxygen atoms in total. The number of hydrogen-bond donors (Lipinski definition) is 1. The number of rotatable bonds is 9. The number of carbonyl (C=O) groups is 2. The molecule has 0 aromatic carbocycles. The van der Waals surface area contributed by atoms with E-state index in [1.807, 2.05) is 23.5 Å². The molecule has 0 spiro atoms. The quantitative estimate of drug-likeness (QED) is 0.287. The van der Waals surface area contributed by atoms with Crippen molar-refractivity contribution >= 4 is 26.6 Å². The molecule has 0 saturated heterocycles. The van der Waals surface area contributed by atoms with Crippen molar-refractivity contribution in [2.75, 3.05) is 0 Å². The van der Waals surface area contributed by atoms with Crippen LogP contribution in [0.15, 0.2) is 47.6 Å². The second-order valence-electron chi connectivity index (χ2n) is 5.40. The van der Waals surface area contributed by atoms with Crippen molar-refractivity contribution in [3.63, 3.8) is 0 Å². The third-order valence-corrected chi connectivity index (χ3v) is 4.07. The maximum absolute atomic E-state index is 12.8. The number of nitrogens with zero attached hydrogens (tertiary/aromatic N) is 2. The summed E-state index contributed by atoms with van der Waals surface area (Å²) in [6.45, 7) is 5.34. The van der Waals surface area contributed by atoms with E-state index in [-0.39, 0.29) is 17.8 Å². The Morgan fingerprint density at radius 2 is 2.04 bits per heavy atom. The molecule has 135 valence electrons. The van der Waals surface area contributed by atoms with Crippen LogP contribution in [-0.4, -0.2) is 35.3 Å². The molecule has 0 atom stereocenters. The van der Waals surface area contributed by atoms with E-state index in [9.17, 15) is 14.7 Å². The normalized spacial score (nSPS) is 12.7. The molecule has 0 radical (unpaired) electrons. The first-order valence-corrected chi connectivity index (χ1v) is 10.2. The molecule has 1 N–H and O–H groups in total. The molecule has 0 saturated carbocycles. The minimum atomic E-state index is -1.05. The predicted octanol–water partition coefficient (Wildman–Crippen LogP) is 2.84. The molecule has 0 aliphatic heterocycles. The van der Waals surface area contributed by atoms with Gasteiger partial charge in [0.1, 0.15) is 0 Å². The van der Waals surface area contributed by atoms with E-state index in [0.717, 1.165) is 9.92 Å². The van der Waals surface area contributed by atoms with Crippen LogP contribution in [0, 0.1) is 6.92 Å². The standard InChI is InChI=1S/C19H20N2O3.V.W/c1-5-8-9-11-21-17(12-14(4)20-21)18(22)13-15(7-3)16(10-6-2)19(23)24;;/h1,5,7-12H,13H2,2-4H3,(H,23,24);;. The Kier molecular flexibility index (Phi) is 9.57. The number of aromatic nitrogens is 2. The fraction of sp³-hybridized carbons (Fsp3) is 0.211. The van der Waals surface area contributed by atoms with Gasteiger partial charge in [0.25, 0.3) is 0 Å². The zero-order chi connectivity index (χ0) is 19.7. The minimum absolute atomic E-state index is 0.00414. The number of aliphatic carboxylic acids is 1. The average molecular weight is 559 g/mol. The van der Waals surface area contributed by atoms with Crippen LogP contribution in [0.3, 0.4) is 0 Å². The van der Waals surface area contributed by atoms with Gasteiger partial charge >= 0.3 is 174 Å². The van der Waals surface area contributed by atoms with Crippen molar-refractivity contribution in [2.24, 2.45) is 0 Å². The number of carboxylic acid groups (broad SMARTS) is 1. The van der Waals surface area contributed by atoms with Gasteiger partial charge in [0, 0.05) is 0 Å². The molecular formula is C19H20N2O3VW. The number of allylic oxidation sites excluding steroid dienone is 5. The Morgan fingerprint density at radius 3 is 2.58 bits per heavy atom. The zero-order valence-corrected chi connectivity index (χ0v) is 19.2. The number of carboxylic acids is 1. The Morgan fingerprint density at radius 1 is 1.35 bits per heavy atom. The predicted molar refractivity (Wildman–Crippen MR) is 96.6 cm³/mol. The molecule has 1 rings (SSSR count). The van der Waals surface area contributed by atoms with Crippen molar-refractivity contribution in [1.29, 1.82) is 0 Å². The third-order valence-electron chi connectivity index (χ3n) is 3.30. The van der Waals surface area contributed by atoms with Gasteiger partial charge < -0.3 is 0 Å². The van der Waals surface area contributed by atoms with Crippen LogP contribution in [-0.2, 0) is 41.1 Å². The first-order chi connectivity index (χ1) is 12.3. The monoisotopic (exact) mass is 559 g/mol. The van der Waals surface area contributed by atoms with Gasteiger partial charge in [0.05, 0.1) is 0 Å². The second-order valence-corrected chi connectivity index (χ2v) is 7.48. The second kappa shape index (κ2) is 11.1. The van der Waals surface area contributed by atoms with Crippen LogP contribution in [0.4, 0.5) is 0 Å². The number of aryl methyl sites for hydroxylation is 1. The summed E-state index contributed by atoms with van der Waals surface area (Å²) in [5, 5.41) is 13.8. The van der Waals surface area contributed by atoms with E-state index >= 15 is 0 Å². The summed E-state index contributed by atoms with van der Waals surface area (Å²) < 4.78 is 4.30. The summed E-state index contributed by atoms with van der Waals surface area (Å²) in [5.41, 5.74) is 1.75. The Labute approximate surface area is 173 Å². The maximum atomic E-state index is 12.8. The summed E-state index contributed by atoms with van der Waals surface area (Å²) in [5.74, 6) is -1.24. The van der Waals surface area contributed by atoms with Gasteiger partial charge in [-0.1, -0.05) is 0 Å². The van der Waals surface area contributed by atoms with Gasteiger partial charge in [-0.15, -0.1) is 0 Å². The van der Waals surface area contributed by atoms with Gasteiger partial charge in [-0.05, 0) is 0 Å². The van der Waals surface area contributed by atoms with E-state index in [1.165, 1.54) is 24.0 Å². The van der Waals surface area contributed by atoms with Gasteiger partial charge in [0.2, 0.25) is 0 Å². The summed E-state index contributed by atoms with van der Waals surface area (Å²) in [6.07, 6.45) is 10.5. The summed E-state index contributed by atoms with van der Waals surface area (Å²) in [4.78, 5) is 24.3. The van der Waals surface area contributed by atoms with E-state index in [2.05, 4.69) is 22.1 Å². The number of Topliss-reactive ketones (excluding diaryl/α,β-unsaturated/α-hetero) is 1. The van der Waals surface area contributed by atoms with Gasteiger partial charge in [-0.3, -0.25) is 0 Å². The fourth-order valence-electron chi connectivity index (χ4n) is 2.20. The topological polar surface area (TPSA) is 72.2 Å². The molecule has 1 heterocycles. The molecule has 0 fully saturated rings. The van der Waals surface area contributed by atoms with Crippen LogP contribution >= 0.6 is 0 Å². The Hall–Kier alpha value is -1.68. The zero-order valence-electron chi connectivity index (χ0n) is 14.8. The van der Waals surface area contributed by atoms with E-state index in [4.69, 9.17) is 0 Å². The third kappa shape index (κ3) is 6.91. The Bertz CT molecular complexity index is 845. The molecule has 0 amide bonds. The van der Waals surface area contributed by atoms with Crippen molar-refractivity contribution < 1.29 is 51.0 Å². The Balaban J connectivity index is 3.15. The summed E-state index contributed by atoms with van der Waals surface area (Å²) >= 11 is 3.65. The molecule has 0 unspecified atom stereocenters. The summed E-state index contributed by atoms with van der Waals surface area (Å²) in [7, 11) is 0. The molecule has 0 aliphatic rings. The first-order valence-electron chi connectivity index (χ1n) is 7.81. The van der Waals surface area contributed by atoms with Crippen molar-refractivity contribution in [3.05, 3.63) is 59.0 Å². The number of hydrogen-bond acceptors (Lipinski definition) is 3. The summed E-state index contributed by atoms with van der Waals surface area (Å²) in [6, 6.07) is 1.71. The van der Waals surface area contributed by atoms with Crippen LogP contribution in [0.1, 0.15) is 36.5 Å².